The number of nitrogens with zero attached hydrogens (tertiary/aromatic N) is 2. The van der Waals surface area contributed by atoms with Gasteiger partial charge in [-0.2, -0.15) is 5.10 Å². The summed E-state index contributed by atoms with van der Waals surface area (Å²) in [5.41, 5.74) is 9.26. The van der Waals surface area contributed by atoms with Crippen LogP contribution in [0.4, 0.5) is 5.82 Å². The number of hydrogen-bond donors (Lipinski definition) is 1. The molecule has 0 fully saturated rings. The van der Waals surface area contributed by atoms with Gasteiger partial charge in [0.25, 0.3) is 0 Å². The predicted octanol–water partition coefficient (Wildman–Crippen LogP) is 2.72. The van der Waals surface area contributed by atoms with E-state index in [0.717, 1.165) is 24.2 Å². The summed E-state index contributed by atoms with van der Waals surface area (Å²) >= 11 is 0. The zero-order valence-corrected chi connectivity index (χ0v) is 9.77. The first-order valence-corrected chi connectivity index (χ1v) is 5.62. The maximum absolute atomic E-state index is 5.94. The fraction of sp³-hybridized carbons (Fsp3) is 0.308. The third kappa shape index (κ3) is 2.08. The maximum Gasteiger partial charge on any atom is 0.127 e. The number of rotatable bonds is 3. The Kier molecular flexibility index (Phi) is 2.95. The minimum absolute atomic E-state index is 0.701. The van der Waals surface area contributed by atoms with E-state index in [1.807, 2.05) is 18.2 Å². The summed E-state index contributed by atoms with van der Waals surface area (Å²) < 4.78 is 1.80. The van der Waals surface area contributed by atoms with E-state index in [9.17, 15) is 0 Å². The molecule has 3 heteroatoms. The molecule has 0 saturated carbocycles. The van der Waals surface area contributed by atoms with Gasteiger partial charge in [-0.3, -0.25) is 0 Å². The summed E-state index contributed by atoms with van der Waals surface area (Å²) in [6.45, 7) is 4.21. The quantitative estimate of drug-likeness (QED) is 0.855. The molecule has 0 aliphatic carbocycles. The van der Waals surface area contributed by atoms with Gasteiger partial charge in [-0.25, -0.2) is 4.68 Å². The Morgan fingerprint density at radius 1 is 1.25 bits per heavy atom. The summed E-state index contributed by atoms with van der Waals surface area (Å²) in [6, 6.07) is 10.2. The second-order valence-corrected chi connectivity index (χ2v) is 4.06. The van der Waals surface area contributed by atoms with E-state index < -0.39 is 0 Å². The van der Waals surface area contributed by atoms with Crippen molar-refractivity contribution in [2.45, 2.75) is 26.7 Å². The average molecular weight is 215 g/mol. The molecule has 2 rings (SSSR count). The lowest BCUT2D eigenvalue weighted by atomic mass is 10.2. The molecule has 16 heavy (non-hydrogen) atoms. The highest BCUT2D eigenvalue weighted by molar-refractivity contribution is 5.43. The number of nitrogens with two attached hydrogens (primary N) is 1. The SMILES string of the molecule is CCCc1cc(N)n(-c2ccc(C)cc2)n1. The minimum Gasteiger partial charge on any atom is -0.384 e. The Morgan fingerprint density at radius 2 is 1.94 bits per heavy atom. The largest absolute Gasteiger partial charge is 0.384 e. The molecule has 0 spiro atoms. The molecule has 2 aromatic rings. The first kappa shape index (κ1) is 10.7. The number of aryl methyl sites for hydroxylation is 2. The molecule has 0 aliphatic heterocycles. The molecule has 3 nitrogen and oxygen atoms in total. The number of nitrogen functional groups attached to an aromatic ring is 1. The van der Waals surface area contributed by atoms with Crippen LogP contribution in [0, 0.1) is 6.92 Å². The van der Waals surface area contributed by atoms with E-state index in [2.05, 4.69) is 31.1 Å². The second kappa shape index (κ2) is 4.39. The summed E-state index contributed by atoms with van der Waals surface area (Å²) in [4.78, 5) is 0. The first-order chi connectivity index (χ1) is 7.70. The van der Waals surface area contributed by atoms with Crippen molar-refractivity contribution in [2.24, 2.45) is 0 Å². The standard InChI is InChI=1S/C13H17N3/c1-3-4-11-9-13(14)16(15-11)12-7-5-10(2)6-8-12/h5-9H,3-4,14H2,1-2H3. The molecule has 84 valence electrons. The molecule has 0 amide bonds. The molecule has 0 unspecified atom stereocenters. The Balaban J connectivity index is 2.36. The van der Waals surface area contributed by atoms with Gasteiger partial charge in [0, 0.05) is 6.07 Å². The van der Waals surface area contributed by atoms with Crippen LogP contribution in [-0.4, -0.2) is 9.78 Å². The summed E-state index contributed by atoms with van der Waals surface area (Å²) in [5, 5.41) is 4.49. The van der Waals surface area contributed by atoms with E-state index in [1.165, 1.54) is 5.56 Å². The molecule has 2 N–H and O–H groups in total. The van der Waals surface area contributed by atoms with Gasteiger partial charge in [-0.05, 0) is 25.5 Å². The van der Waals surface area contributed by atoms with Gasteiger partial charge in [0.05, 0.1) is 11.4 Å². The summed E-state index contributed by atoms with van der Waals surface area (Å²) in [7, 11) is 0. The van der Waals surface area contributed by atoms with Gasteiger partial charge in [0.15, 0.2) is 0 Å². The van der Waals surface area contributed by atoms with Crippen molar-refractivity contribution in [3.05, 3.63) is 41.6 Å². The number of anilines is 1. The molecular formula is C13H17N3. The lowest BCUT2D eigenvalue weighted by molar-refractivity contribution is 0.811. The molecule has 0 radical (unpaired) electrons. The van der Waals surface area contributed by atoms with Gasteiger partial charge in [-0.15, -0.1) is 0 Å². The van der Waals surface area contributed by atoms with Crippen molar-refractivity contribution < 1.29 is 0 Å². The average Bonchev–Trinajstić information content (AvgIpc) is 2.61. The topological polar surface area (TPSA) is 43.8 Å². The summed E-state index contributed by atoms with van der Waals surface area (Å²) in [5.74, 6) is 0.701. The second-order valence-electron chi connectivity index (χ2n) is 4.06. The van der Waals surface area contributed by atoms with E-state index >= 15 is 0 Å². The highest BCUT2D eigenvalue weighted by Gasteiger charge is 2.05. The number of hydrogen-bond acceptors (Lipinski definition) is 2. The Labute approximate surface area is 95.9 Å². The molecule has 1 aromatic carbocycles. The summed E-state index contributed by atoms with van der Waals surface area (Å²) in [6.07, 6.45) is 2.06. The molecule has 0 saturated heterocycles. The Morgan fingerprint density at radius 3 is 2.56 bits per heavy atom. The monoisotopic (exact) mass is 215 g/mol. The normalized spacial score (nSPS) is 10.6. The van der Waals surface area contributed by atoms with E-state index in [-0.39, 0.29) is 0 Å². The highest BCUT2D eigenvalue weighted by Crippen LogP contribution is 2.15. The van der Waals surface area contributed by atoms with Crippen molar-refractivity contribution in [2.75, 3.05) is 5.73 Å². The van der Waals surface area contributed by atoms with Crippen LogP contribution in [-0.2, 0) is 6.42 Å². The van der Waals surface area contributed by atoms with Crippen LogP contribution in [0.2, 0.25) is 0 Å². The van der Waals surface area contributed by atoms with Crippen LogP contribution in [0.5, 0.6) is 0 Å². The van der Waals surface area contributed by atoms with Gasteiger partial charge < -0.3 is 5.73 Å². The fourth-order valence-corrected chi connectivity index (χ4v) is 1.72. The van der Waals surface area contributed by atoms with Crippen molar-refractivity contribution in [1.29, 1.82) is 0 Å². The van der Waals surface area contributed by atoms with E-state index in [0.29, 0.717) is 5.82 Å². The van der Waals surface area contributed by atoms with Gasteiger partial charge in [-0.1, -0.05) is 31.0 Å². The van der Waals surface area contributed by atoms with Crippen molar-refractivity contribution in [3.8, 4) is 5.69 Å². The maximum atomic E-state index is 5.94. The van der Waals surface area contributed by atoms with Crippen LogP contribution in [0.25, 0.3) is 5.69 Å². The molecular weight excluding hydrogens is 198 g/mol. The molecule has 1 aromatic heterocycles. The molecule has 0 aliphatic rings. The van der Waals surface area contributed by atoms with E-state index in [1.54, 1.807) is 4.68 Å². The van der Waals surface area contributed by atoms with E-state index in [4.69, 9.17) is 5.73 Å². The first-order valence-electron chi connectivity index (χ1n) is 5.62. The van der Waals surface area contributed by atoms with Crippen LogP contribution in [0.1, 0.15) is 24.6 Å². The molecule has 0 atom stereocenters. The lowest BCUT2D eigenvalue weighted by Crippen LogP contribution is -2.01. The molecule has 0 bridgehead atoms. The number of benzene rings is 1. The Hall–Kier alpha value is -1.77. The van der Waals surface area contributed by atoms with Crippen LogP contribution in [0.3, 0.4) is 0 Å². The van der Waals surface area contributed by atoms with Crippen LogP contribution < -0.4 is 5.73 Å². The zero-order valence-electron chi connectivity index (χ0n) is 9.77. The van der Waals surface area contributed by atoms with Crippen LogP contribution in [0.15, 0.2) is 30.3 Å². The third-order valence-corrected chi connectivity index (χ3v) is 2.57. The van der Waals surface area contributed by atoms with Crippen LogP contribution >= 0.6 is 0 Å². The van der Waals surface area contributed by atoms with Crippen molar-refractivity contribution in [1.82, 2.24) is 9.78 Å². The smallest absolute Gasteiger partial charge is 0.127 e. The Bertz CT molecular complexity index is 468. The fourth-order valence-electron chi connectivity index (χ4n) is 1.72. The van der Waals surface area contributed by atoms with Gasteiger partial charge >= 0.3 is 0 Å². The zero-order chi connectivity index (χ0) is 11.5. The van der Waals surface area contributed by atoms with Gasteiger partial charge in [0.2, 0.25) is 0 Å². The van der Waals surface area contributed by atoms with Crippen molar-refractivity contribution in [3.63, 3.8) is 0 Å². The minimum atomic E-state index is 0.701. The molecule has 1 heterocycles. The third-order valence-electron chi connectivity index (χ3n) is 2.57. The van der Waals surface area contributed by atoms with Gasteiger partial charge in [0.1, 0.15) is 5.82 Å². The predicted molar refractivity (Wildman–Crippen MR) is 66.7 cm³/mol. The number of aromatic nitrogens is 2. The lowest BCUT2D eigenvalue weighted by Gasteiger charge is -2.03. The highest BCUT2D eigenvalue weighted by atomic mass is 15.3. The van der Waals surface area contributed by atoms with Crippen molar-refractivity contribution >= 4 is 5.82 Å².